The largest absolute Gasteiger partial charge is 0.336 e. The van der Waals surface area contributed by atoms with Crippen LogP contribution in [0.15, 0.2) is 29.9 Å². The quantitative estimate of drug-likeness (QED) is 0.901. The lowest BCUT2D eigenvalue weighted by atomic mass is 10.2. The fourth-order valence-corrected chi connectivity index (χ4v) is 2.36. The number of nitrogens with two attached hydrogens (primary N) is 1. The second-order valence-electron chi connectivity index (χ2n) is 3.90. The zero-order valence-electron chi connectivity index (χ0n) is 10.00. The van der Waals surface area contributed by atoms with Crippen molar-refractivity contribution in [1.29, 1.82) is 0 Å². The van der Waals surface area contributed by atoms with Gasteiger partial charge in [0.25, 0.3) is 0 Å². The summed E-state index contributed by atoms with van der Waals surface area (Å²) in [5.74, 6) is 0.725. The lowest BCUT2D eigenvalue weighted by Gasteiger charge is -2.23. The molecule has 2 aromatic rings. The summed E-state index contributed by atoms with van der Waals surface area (Å²) in [6.45, 7) is 2.62. The first-order valence-corrected chi connectivity index (χ1v) is 6.37. The van der Waals surface area contributed by atoms with Gasteiger partial charge in [-0.25, -0.2) is 9.97 Å². The average Bonchev–Trinajstić information content (AvgIpc) is 2.91. The van der Waals surface area contributed by atoms with Crippen molar-refractivity contribution < 1.29 is 0 Å². The van der Waals surface area contributed by atoms with Crippen molar-refractivity contribution >= 4 is 17.3 Å². The van der Waals surface area contributed by atoms with E-state index in [9.17, 15) is 0 Å². The topological polar surface area (TPSA) is 55.0 Å². The fourth-order valence-electron chi connectivity index (χ4n) is 1.53. The van der Waals surface area contributed by atoms with Crippen molar-refractivity contribution in [2.45, 2.75) is 19.5 Å². The average molecular weight is 248 g/mol. The first kappa shape index (κ1) is 12.0. The van der Waals surface area contributed by atoms with Crippen LogP contribution in [0.2, 0.25) is 0 Å². The molecule has 2 heterocycles. The van der Waals surface area contributed by atoms with Gasteiger partial charge in [-0.2, -0.15) is 0 Å². The van der Waals surface area contributed by atoms with Crippen molar-refractivity contribution in [3.8, 4) is 0 Å². The number of hydrogen-bond acceptors (Lipinski definition) is 5. The predicted molar refractivity (Wildman–Crippen MR) is 71.1 cm³/mol. The molecule has 2 aromatic heterocycles. The van der Waals surface area contributed by atoms with Gasteiger partial charge in [-0.3, -0.25) is 0 Å². The molecule has 0 aliphatic heterocycles. The summed E-state index contributed by atoms with van der Waals surface area (Å²) in [6.07, 6.45) is 3.56. The van der Waals surface area contributed by atoms with Gasteiger partial charge in [-0.1, -0.05) is 6.07 Å². The van der Waals surface area contributed by atoms with Crippen LogP contribution >= 0.6 is 11.3 Å². The molecule has 0 fully saturated rings. The van der Waals surface area contributed by atoms with Crippen LogP contribution in [0, 0.1) is 0 Å². The molecule has 4 nitrogen and oxygen atoms in total. The molecule has 5 heteroatoms. The van der Waals surface area contributed by atoms with Crippen molar-refractivity contribution in [2.24, 2.45) is 5.73 Å². The van der Waals surface area contributed by atoms with Gasteiger partial charge >= 0.3 is 0 Å². The third-order valence-corrected chi connectivity index (χ3v) is 3.82. The summed E-state index contributed by atoms with van der Waals surface area (Å²) in [7, 11) is 2.00. The summed E-state index contributed by atoms with van der Waals surface area (Å²) < 4.78 is 0. The van der Waals surface area contributed by atoms with Crippen LogP contribution in [-0.2, 0) is 6.54 Å². The number of thiophene rings is 1. The van der Waals surface area contributed by atoms with E-state index >= 15 is 0 Å². The lowest BCUT2D eigenvalue weighted by molar-refractivity contribution is 0.725. The molecule has 0 bridgehead atoms. The van der Waals surface area contributed by atoms with E-state index in [0.29, 0.717) is 6.54 Å². The molecule has 0 spiro atoms. The SMILES string of the molecule is CC(c1cccs1)N(C)c1ncc(CN)cn1. The molecule has 0 aliphatic rings. The van der Waals surface area contributed by atoms with E-state index in [1.54, 1.807) is 23.7 Å². The maximum Gasteiger partial charge on any atom is 0.225 e. The fraction of sp³-hybridized carbons (Fsp3) is 0.333. The smallest absolute Gasteiger partial charge is 0.225 e. The first-order chi connectivity index (χ1) is 8.22. The summed E-state index contributed by atoms with van der Waals surface area (Å²) in [5, 5.41) is 2.08. The van der Waals surface area contributed by atoms with E-state index in [-0.39, 0.29) is 6.04 Å². The minimum atomic E-state index is 0.277. The van der Waals surface area contributed by atoms with Crippen LogP contribution in [0.3, 0.4) is 0 Å². The molecule has 0 saturated carbocycles. The van der Waals surface area contributed by atoms with Crippen molar-refractivity contribution in [2.75, 3.05) is 11.9 Å². The number of hydrogen-bond donors (Lipinski definition) is 1. The summed E-state index contributed by atoms with van der Waals surface area (Å²) in [4.78, 5) is 12.0. The van der Waals surface area contributed by atoms with E-state index in [0.717, 1.165) is 11.5 Å². The van der Waals surface area contributed by atoms with Gasteiger partial charge in [0.15, 0.2) is 0 Å². The van der Waals surface area contributed by atoms with Gasteiger partial charge in [-0.15, -0.1) is 11.3 Å². The minimum absolute atomic E-state index is 0.277. The highest BCUT2D eigenvalue weighted by Crippen LogP contribution is 2.25. The van der Waals surface area contributed by atoms with Gasteiger partial charge in [0, 0.05) is 36.4 Å². The molecule has 2 N–H and O–H groups in total. The Morgan fingerprint density at radius 1 is 1.41 bits per heavy atom. The van der Waals surface area contributed by atoms with Crippen LogP contribution in [0.25, 0.3) is 0 Å². The zero-order valence-corrected chi connectivity index (χ0v) is 10.8. The summed E-state index contributed by atoms with van der Waals surface area (Å²) >= 11 is 1.74. The zero-order chi connectivity index (χ0) is 12.3. The van der Waals surface area contributed by atoms with Crippen LogP contribution in [0.5, 0.6) is 0 Å². The number of aromatic nitrogens is 2. The molecular weight excluding hydrogens is 232 g/mol. The first-order valence-electron chi connectivity index (χ1n) is 5.49. The van der Waals surface area contributed by atoms with Gasteiger partial charge in [0.2, 0.25) is 5.95 Å². The lowest BCUT2D eigenvalue weighted by Crippen LogP contribution is -2.23. The second-order valence-corrected chi connectivity index (χ2v) is 4.88. The minimum Gasteiger partial charge on any atom is -0.336 e. The van der Waals surface area contributed by atoms with Gasteiger partial charge < -0.3 is 10.6 Å². The van der Waals surface area contributed by atoms with Gasteiger partial charge in [0.05, 0.1) is 6.04 Å². The second kappa shape index (κ2) is 5.25. The Morgan fingerprint density at radius 2 is 2.12 bits per heavy atom. The Kier molecular flexibility index (Phi) is 3.71. The Hall–Kier alpha value is -1.46. The highest BCUT2D eigenvalue weighted by atomic mass is 32.1. The van der Waals surface area contributed by atoms with Crippen LogP contribution in [-0.4, -0.2) is 17.0 Å². The summed E-state index contributed by atoms with van der Waals surface area (Å²) in [5.41, 5.74) is 6.47. The Balaban J connectivity index is 2.16. The monoisotopic (exact) mass is 248 g/mol. The van der Waals surface area contributed by atoms with Crippen molar-refractivity contribution in [3.05, 3.63) is 40.3 Å². The van der Waals surface area contributed by atoms with Crippen LogP contribution in [0.4, 0.5) is 5.95 Å². The maximum absolute atomic E-state index is 5.52. The summed E-state index contributed by atoms with van der Waals surface area (Å²) in [6, 6.07) is 4.46. The van der Waals surface area contributed by atoms with E-state index in [2.05, 4.69) is 39.3 Å². The molecule has 1 atom stereocenters. The molecular formula is C12H16N4S. The standard InChI is InChI=1S/C12H16N4S/c1-9(11-4-3-5-17-11)16(2)12-14-7-10(6-13)8-15-12/h3-5,7-9H,6,13H2,1-2H3. The van der Waals surface area contributed by atoms with Crippen LogP contribution < -0.4 is 10.6 Å². The molecule has 0 aliphatic carbocycles. The van der Waals surface area contributed by atoms with Crippen LogP contribution in [0.1, 0.15) is 23.4 Å². The van der Waals surface area contributed by atoms with Crippen molar-refractivity contribution in [3.63, 3.8) is 0 Å². The molecule has 90 valence electrons. The Labute approximate surface area is 105 Å². The molecule has 0 radical (unpaired) electrons. The third kappa shape index (κ3) is 2.62. The normalized spacial score (nSPS) is 12.4. The highest BCUT2D eigenvalue weighted by molar-refractivity contribution is 7.10. The molecule has 0 saturated heterocycles. The highest BCUT2D eigenvalue weighted by Gasteiger charge is 2.14. The third-order valence-electron chi connectivity index (χ3n) is 2.78. The molecule has 0 amide bonds. The van der Waals surface area contributed by atoms with Gasteiger partial charge in [-0.05, 0) is 18.4 Å². The van der Waals surface area contributed by atoms with E-state index in [1.165, 1.54) is 4.88 Å². The Bertz CT molecular complexity index is 452. The van der Waals surface area contributed by atoms with E-state index in [4.69, 9.17) is 5.73 Å². The molecule has 2 rings (SSSR count). The number of nitrogens with zero attached hydrogens (tertiary/aromatic N) is 3. The molecule has 0 aromatic carbocycles. The van der Waals surface area contributed by atoms with Crippen molar-refractivity contribution in [1.82, 2.24) is 9.97 Å². The van der Waals surface area contributed by atoms with E-state index in [1.807, 2.05) is 7.05 Å². The van der Waals surface area contributed by atoms with Gasteiger partial charge in [0.1, 0.15) is 0 Å². The maximum atomic E-state index is 5.52. The predicted octanol–water partition coefficient (Wildman–Crippen LogP) is 2.19. The molecule has 17 heavy (non-hydrogen) atoms. The number of anilines is 1. The number of rotatable bonds is 4. The Morgan fingerprint density at radius 3 is 2.65 bits per heavy atom. The van der Waals surface area contributed by atoms with E-state index < -0.39 is 0 Å². The molecule has 1 unspecified atom stereocenters.